The van der Waals surface area contributed by atoms with Crippen molar-refractivity contribution < 1.29 is 9.90 Å². The average Bonchev–Trinajstić information content (AvgIpc) is 2.54. The maximum atomic E-state index is 12.6. The first kappa shape index (κ1) is 11.8. The third-order valence-electron chi connectivity index (χ3n) is 4.32. The molecule has 96 valence electrons. The van der Waals surface area contributed by atoms with Crippen LogP contribution >= 0.6 is 11.6 Å². The fourth-order valence-corrected chi connectivity index (χ4v) is 3.86. The standard InChI is InChI=1S/C14H16ClNO2/c1-16-11-8-9(17)7-10(15)12(11)14(13(16)18)5-3-2-4-6-14/h7-8,17H,2-6H2,1H3. The molecule has 1 aromatic carbocycles. The molecule has 1 amide bonds. The van der Waals surface area contributed by atoms with E-state index in [1.165, 1.54) is 6.42 Å². The van der Waals surface area contributed by atoms with Gasteiger partial charge in [0.25, 0.3) is 0 Å². The minimum Gasteiger partial charge on any atom is -0.508 e. The van der Waals surface area contributed by atoms with Gasteiger partial charge >= 0.3 is 0 Å². The van der Waals surface area contributed by atoms with Gasteiger partial charge in [-0.1, -0.05) is 30.9 Å². The molecule has 1 aliphatic heterocycles. The monoisotopic (exact) mass is 265 g/mol. The summed E-state index contributed by atoms with van der Waals surface area (Å²) in [6.45, 7) is 0. The molecule has 1 aromatic rings. The maximum absolute atomic E-state index is 12.6. The first-order chi connectivity index (χ1) is 8.56. The van der Waals surface area contributed by atoms with Crippen molar-refractivity contribution in [3.05, 3.63) is 22.7 Å². The van der Waals surface area contributed by atoms with Gasteiger partial charge < -0.3 is 10.0 Å². The molecule has 1 spiro atoms. The second kappa shape index (κ2) is 3.89. The predicted molar refractivity (Wildman–Crippen MR) is 71.3 cm³/mol. The number of anilines is 1. The van der Waals surface area contributed by atoms with Crippen LogP contribution in [0.2, 0.25) is 5.02 Å². The van der Waals surface area contributed by atoms with E-state index in [0.29, 0.717) is 5.02 Å². The fourth-order valence-electron chi connectivity index (χ4n) is 3.47. The van der Waals surface area contributed by atoms with Gasteiger partial charge in [-0.25, -0.2) is 0 Å². The topological polar surface area (TPSA) is 40.5 Å². The molecule has 1 fully saturated rings. The summed E-state index contributed by atoms with van der Waals surface area (Å²) >= 11 is 6.29. The number of benzene rings is 1. The lowest BCUT2D eigenvalue weighted by molar-refractivity contribution is -0.124. The van der Waals surface area contributed by atoms with E-state index in [2.05, 4.69) is 0 Å². The maximum Gasteiger partial charge on any atom is 0.237 e. The molecule has 1 heterocycles. The molecule has 3 rings (SSSR count). The lowest BCUT2D eigenvalue weighted by Crippen LogP contribution is -2.40. The number of amides is 1. The first-order valence-electron chi connectivity index (χ1n) is 6.37. The van der Waals surface area contributed by atoms with E-state index in [9.17, 15) is 9.90 Å². The number of phenols is 1. The van der Waals surface area contributed by atoms with Gasteiger partial charge in [-0.15, -0.1) is 0 Å². The number of hydrogen-bond donors (Lipinski definition) is 1. The molecule has 1 N–H and O–H groups in total. The van der Waals surface area contributed by atoms with Crippen LogP contribution < -0.4 is 4.90 Å². The van der Waals surface area contributed by atoms with Gasteiger partial charge in [-0.2, -0.15) is 0 Å². The average molecular weight is 266 g/mol. The Morgan fingerprint density at radius 2 is 1.94 bits per heavy atom. The molecule has 0 bridgehead atoms. The van der Waals surface area contributed by atoms with E-state index < -0.39 is 5.41 Å². The van der Waals surface area contributed by atoms with E-state index in [-0.39, 0.29) is 11.7 Å². The number of nitrogens with zero attached hydrogens (tertiary/aromatic N) is 1. The van der Waals surface area contributed by atoms with Gasteiger partial charge in [0.1, 0.15) is 5.75 Å². The normalized spacial score (nSPS) is 21.4. The molecule has 0 unspecified atom stereocenters. The largest absolute Gasteiger partial charge is 0.508 e. The predicted octanol–water partition coefficient (Wildman–Crippen LogP) is 3.22. The Kier molecular flexibility index (Phi) is 2.56. The number of phenolic OH excluding ortho intramolecular Hbond substituents is 1. The Balaban J connectivity index is 2.23. The molecule has 1 saturated carbocycles. The van der Waals surface area contributed by atoms with E-state index in [1.807, 2.05) is 0 Å². The van der Waals surface area contributed by atoms with Crippen molar-refractivity contribution in [1.29, 1.82) is 0 Å². The van der Waals surface area contributed by atoms with Gasteiger partial charge in [0.2, 0.25) is 5.91 Å². The Morgan fingerprint density at radius 1 is 1.28 bits per heavy atom. The second-order valence-electron chi connectivity index (χ2n) is 5.33. The lowest BCUT2D eigenvalue weighted by Gasteiger charge is -2.32. The van der Waals surface area contributed by atoms with Crippen molar-refractivity contribution in [2.75, 3.05) is 11.9 Å². The summed E-state index contributed by atoms with van der Waals surface area (Å²) in [4.78, 5) is 14.2. The molecule has 0 saturated heterocycles. The minimum atomic E-state index is -0.437. The molecule has 2 aliphatic rings. The highest BCUT2D eigenvalue weighted by Crippen LogP contribution is 2.53. The molecular weight excluding hydrogens is 250 g/mol. The van der Waals surface area contributed by atoms with Crippen molar-refractivity contribution in [1.82, 2.24) is 0 Å². The van der Waals surface area contributed by atoms with Crippen molar-refractivity contribution in [3.8, 4) is 5.75 Å². The van der Waals surface area contributed by atoms with Gasteiger partial charge in [-0.05, 0) is 18.9 Å². The van der Waals surface area contributed by atoms with Crippen LogP contribution in [0.1, 0.15) is 37.7 Å². The Hall–Kier alpha value is -1.22. The van der Waals surface area contributed by atoms with Gasteiger partial charge in [0.05, 0.1) is 16.1 Å². The van der Waals surface area contributed by atoms with Crippen LogP contribution in [0.3, 0.4) is 0 Å². The minimum absolute atomic E-state index is 0.117. The van der Waals surface area contributed by atoms with E-state index in [0.717, 1.165) is 36.9 Å². The summed E-state index contributed by atoms with van der Waals surface area (Å²) in [7, 11) is 1.76. The number of halogens is 1. The van der Waals surface area contributed by atoms with E-state index in [1.54, 1.807) is 24.1 Å². The quantitative estimate of drug-likeness (QED) is 0.782. The second-order valence-corrected chi connectivity index (χ2v) is 5.74. The Morgan fingerprint density at radius 3 is 2.61 bits per heavy atom. The number of carbonyl (C=O) groups is 1. The first-order valence-corrected chi connectivity index (χ1v) is 6.75. The zero-order valence-corrected chi connectivity index (χ0v) is 11.1. The van der Waals surface area contributed by atoms with Crippen molar-refractivity contribution >= 4 is 23.2 Å². The number of fused-ring (bicyclic) bond motifs is 2. The summed E-state index contributed by atoms with van der Waals surface area (Å²) in [5, 5.41) is 10.2. The Labute approximate surface area is 111 Å². The highest BCUT2D eigenvalue weighted by Gasteiger charge is 2.51. The summed E-state index contributed by atoms with van der Waals surface area (Å²) in [5.41, 5.74) is 1.26. The van der Waals surface area contributed by atoms with Crippen LogP contribution in [0, 0.1) is 0 Å². The van der Waals surface area contributed by atoms with E-state index in [4.69, 9.17) is 11.6 Å². The highest BCUT2D eigenvalue weighted by atomic mass is 35.5. The number of carbonyl (C=O) groups excluding carboxylic acids is 1. The lowest BCUT2D eigenvalue weighted by atomic mass is 9.70. The van der Waals surface area contributed by atoms with Gasteiger partial charge in [-0.3, -0.25) is 4.79 Å². The molecule has 3 nitrogen and oxygen atoms in total. The van der Waals surface area contributed by atoms with Crippen LogP contribution in [0.25, 0.3) is 0 Å². The number of hydrogen-bond acceptors (Lipinski definition) is 2. The zero-order chi connectivity index (χ0) is 12.9. The number of rotatable bonds is 0. The van der Waals surface area contributed by atoms with Crippen LogP contribution in [-0.4, -0.2) is 18.1 Å². The smallest absolute Gasteiger partial charge is 0.237 e. The molecule has 0 aromatic heterocycles. The van der Waals surface area contributed by atoms with Crippen molar-refractivity contribution in [2.24, 2.45) is 0 Å². The molecule has 0 radical (unpaired) electrons. The number of likely N-dealkylation sites (N-methyl/N-ethyl adjacent to an activating group) is 1. The third kappa shape index (κ3) is 1.40. The van der Waals surface area contributed by atoms with Gasteiger partial charge in [0, 0.05) is 18.7 Å². The molecule has 0 atom stereocenters. The summed E-state index contributed by atoms with van der Waals surface area (Å²) in [6.07, 6.45) is 5.05. The summed E-state index contributed by atoms with van der Waals surface area (Å²) in [5.74, 6) is 0.246. The number of aromatic hydroxyl groups is 1. The molecule has 18 heavy (non-hydrogen) atoms. The highest BCUT2D eigenvalue weighted by molar-refractivity contribution is 6.33. The summed E-state index contributed by atoms with van der Waals surface area (Å²) < 4.78 is 0. The molecular formula is C14H16ClNO2. The van der Waals surface area contributed by atoms with Crippen molar-refractivity contribution in [3.63, 3.8) is 0 Å². The van der Waals surface area contributed by atoms with E-state index >= 15 is 0 Å². The fraction of sp³-hybridized carbons (Fsp3) is 0.500. The van der Waals surface area contributed by atoms with Crippen LogP contribution in [-0.2, 0) is 10.2 Å². The van der Waals surface area contributed by atoms with Gasteiger partial charge in [0.15, 0.2) is 0 Å². The van der Waals surface area contributed by atoms with Crippen molar-refractivity contribution in [2.45, 2.75) is 37.5 Å². The zero-order valence-electron chi connectivity index (χ0n) is 10.4. The molecule has 4 heteroatoms. The third-order valence-corrected chi connectivity index (χ3v) is 4.61. The van der Waals surface area contributed by atoms with Crippen LogP contribution in [0.15, 0.2) is 12.1 Å². The van der Waals surface area contributed by atoms with Crippen LogP contribution in [0.4, 0.5) is 5.69 Å². The SMILES string of the molecule is CN1C(=O)C2(CCCCC2)c2c(Cl)cc(O)cc21. The Bertz CT molecular complexity index is 521. The summed E-state index contributed by atoms with van der Waals surface area (Å²) in [6, 6.07) is 3.19. The van der Waals surface area contributed by atoms with Crippen LogP contribution in [0.5, 0.6) is 5.75 Å². The molecule has 1 aliphatic carbocycles.